The van der Waals surface area contributed by atoms with E-state index in [1.807, 2.05) is 7.05 Å². The van der Waals surface area contributed by atoms with Gasteiger partial charge in [-0.05, 0) is 41.1 Å². The van der Waals surface area contributed by atoms with Crippen molar-refractivity contribution in [1.29, 1.82) is 0 Å². The smallest absolute Gasteiger partial charge is 0.233 e. The largest absolute Gasteiger partial charge is 0.358 e. The van der Waals surface area contributed by atoms with Gasteiger partial charge in [-0.1, -0.05) is 6.92 Å². The molecule has 25 heavy (non-hydrogen) atoms. The highest BCUT2D eigenvalue weighted by Gasteiger charge is 2.21. The van der Waals surface area contributed by atoms with Crippen LogP contribution in [-0.4, -0.2) is 63.1 Å². The molecule has 0 aliphatic carbocycles. The van der Waals surface area contributed by atoms with Crippen molar-refractivity contribution in [3.05, 3.63) is 22.4 Å². The zero-order chi connectivity index (χ0) is 17.4. The van der Waals surface area contributed by atoms with Crippen LogP contribution in [0.15, 0.2) is 21.8 Å². The van der Waals surface area contributed by atoms with E-state index < -0.39 is 0 Å². The van der Waals surface area contributed by atoms with Crippen molar-refractivity contribution in [2.24, 2.45) is 4.99 Å². The topological polar surface area (TPSA) is 68.8 Å². The van der Waals surface area contributed by atoms with Crippen molar-refractivity contribution >= 4 is 47.2 Å². The molecule has 1 amide bonds. The van der Waals surface area contributed by atoms with E-state index in [1.165, 1.54) is 5.56 Å². The summed E-state index contributed by atoms with van der Waals surface area (Å²) in [5.74, 6) is 1.41. The first-order valence-corrected chi connectivity index (χ1v) is 9.49. The molecular formula is C17H30IN5OS. The number of hydrogen-bond acceptors (Lipinski definition) is 4. The Morgan fingerprint density at radius 3 is 2.72 bits per heavy atom. The zero-order valence-corrected chi connectivity index (χ0v) is 18.4. The zero-order valence-electron chi connectivity index (χ0n) is 15.2. The lowest BCUT2D eigenvalue weighted by Gasteiger charge is -2.32. The number of aliphatic imine (C=N–C) groups is 1. The average Bonchev–Trinajstić information content (AvgIpc) is 3.14. The first kappa shape index (κ1) is 22.2. The summed E-state index contributed by atoms with van der Waals surface area (Å²) in [6.07, 6.45) is 2.05. The molecule has 1 aromatic heterocycles. The van der Waals surface area contributed by atoms with Crippen LogP contribution in [0.3, 0.4) is 0 Å². The summed E-state index contributed by atoms with van der Waals surface area (Å²) in [5, 5.41) is 13.9. The van der Waals surface area contributed by atoms with E-state index in [2.05, 4.69) is 49.6 Å². The number of carbonyl (C=O) groups excluding carboxylic acids is 1. The van der Waals surface area contributed by atoms with E-state index in [1.54, 1.807) is 18.4 Å². The lowest BCUT2D eigenvalue weighted by atomic mass is 10.0. The van der Waals surface area contributed by atoms with E-state index in [9.17, 15) is 4.79 Å². The number of piperidine rings is 1. The van der Waals surface area contributed by atoms with E-state index in [0.29, 0.717) is 18.5 Å². The van der Waals surface area contributed by atoms with Gasteiger partial charge in [-0.25, -0.2) is 0 Å². The Balaban J connectivity index is 0.00000312. The quantitative estimate of drug-likeness (QED) is 0.331. The summed E-state index contributed by atoms with van der Waals surface area (Å²) in [5.41, 5.74) is 1.37. The third kappa shape index (κ3) is 7.49. The fourth-order valence-corrected chi connectivity index (χ4v) is 3.61. The van der Waals surface area contributed by atoms with Crippen LogP contribution in [0.4, 0.5) is 0 Å². The second-order valence-electron chi connectivity index (χ2n) is 6.28. The summed E-state index contributed by atoms with van der Waals surface area (Å²) in [6, 6.07) is 2.59. The number of rotatable bonds is 6. The summed E-state index contributed by atoms with van der Waals surface area (Å²) in [7, 11) is 3.49. The molecule has 142 valence electrons. The highest BCUT2D eigenvalue weighted by atomic mass is 127. The molecule has 0 radical (unpaired) electrons. The molecular weight excluding hydrogens is 449 g/mol. The van der Waals surface area contributed by atoms with Gasteiger partial charge in [-0.3, -0.25) is 14.7 Å². The lowest BCUT2D eigenvalue weighted by Crippen LogP contribution is -2.50. The molecule has 1 fully saturated rings. The van der Waals surface area contributed by atoms with Gasteiger partial charge >= 0.3 is 0 Å². The maximum absolute atomic E-state index is 11.4. The lowest BCUT2D eigenvalue weighted by molar-refractivity contribution is -0.122. The van der Waals surface area contributed by atoms with Gasteiger partial charge in [-0.15, -0.1) is 24.0 Å². The van der Waals surface area contributed by atoms with Crippen LogP contribution in [0.25, 0.3) is 0 Å². The Kier molecular flexibility index (Phi) is 10.4. The predicted molar refractivity (Wildman–Crippen MR) is 116 cm³/mol. The van der Waals surface area contributed by atoms with Gasteiger partial charge in [0.2, 0.25) is 5.91 Å². The van der Waals surface area contributed by atoms with Gasteiger partial charge < -0.3 is 16.0 Å². The monoisotopic (exact) mass is 479 g/mol. The predicted octanol–water partition coefficient (Wildman–Crippen LogP) is 1.84. The molecule has 0 saturated carbocycles. The van der Waals surface area contributed by atoms with Crippen molar-refractivity contribution in [3.8, 4) is 0 Å². The fraction of sp³-hybridized carbons (Fsp3) is 0.647. The Bertz CT molecular complexity index is 529. The Labute approximate surface area is 171 Å². The summed E-state index contributed by atoms with van der Waals surface area (Å²) < 4.78 is 0. The third-order valence-corrected chi connectivity index (χ3v) is 5.19. The molecule has 1 aliphatic rings. The Morgan fingerprint density at radius 1 is 1.44 bits per heavy atom. The molecule has 6 nitrogen and oxygen atoms in total. The van der Waals surface area contributed by atoms with Gasteiger partial charge in [0.15, 0.2) is 5.96 Å². The Hall–Kier alpha value is -0.870. The van der Waals surface area contributed by atoms with E-state index in [0.717, 1.165) is 38.4 Å². The second-order valence-corrected chi connectivity index (χ2v) is 7.06. The number of hydrogen-bond donors (Lipinski definition) is 3. The van der Waals surface area contributed by atoms with Gasteiger partial charge in [0.25, 0.3) is 0 Å². The molecule has 3 N–H and O–H groups in total. The van der Waals surface area contributed by atoms with Crippen LogP contribution in [0.1, 0.15) is 31.2 Å². The van der Waals surface area contributed by atoms with E-state index in [-0.39, 0.29) is 29.9 Å². The number of carbonyl (C=O) groups is 1. The van der Waals surface area contributed by atoms with Crippen LogP contribution in [0, 0.1) is 0 Å². The summed E-state index contributed by atoms with van der Waals surface area (Å²) >= 11 is 1.74. The number of nitrogens with one attached hydrogen (secondary N) is 3. The van der Waals surface area contributed by atoms with Crippen LogP contribution in [-0.2, 0) is 4.79 Å². The minimum atomic E-state index is 0. The first-order valence-electron chi connectivity index (χ1n) is 8.54. The second kappa shape index (κ2) is 11.7. The minimum Gasteiger partial charge on any atom is -0.358 e. The molecule has 1 unspecified atom stereocenters. The fourth-order valence-electron chi connectivity index (χ4n) is 2.83. The van der Waals surface area contributed by atoms with Crippen LogP contribution in [0.2, 0.25) is 0 Å². The van der Waals surface area contributed by atoms with Gasteiger partial charge in [-0.2, -0.15) is 11.3 Å². The maximum Gasteiger partial charge on any atom is 0.233 e. The maximum atomic E-state index is 11.4. The number of halogens is 1. The molecule has 1 aliphatic heterocycles. The first-order chi connectivity index (χ1) is 11.6. The van der Waals surface area contributed by atoms with E-state index in [4.69, 9.17) is 0 Å². The number of amides is 1. The highest BCUT2D eigenvalue weighted by molar-refractivity contribution is 14.0. The number of nitrogens with zero attached hydrogens (tertiary/aromatic N) is 2. The Morgan fingerprint density at radius 2 is 2.16 bits per heavy atom. The average molecular weight is 479 g/mol. The van der Waals surface area contributed by atoms with Crippen molar-refractivity contribution in [3.63, 3.8) is 0 Å². The minimum absolute atomic E-state index is 0. The van der Waals surface area contributed by atoms with Crippen LogP contribution < -0.4 is 16.0 Å². The number of likely N-dealkylation sites (tertiary alicyclic amines) is 1. The molecule has 8 heteroatoms. The summed E-state index contributed by atoms with van der Waals surface area (Å²) in [4.78, 5) is 18.0. The molecule has 2 rings (SSSR count). The molecule has 0 spiro atoms. The van der Waals surface area contributed by atoms with Crippen LogP contribution >= 0.6 is 35.3 Å². The summed E-state index contributed by atoms with van der Waals surface area (Å²) in [6.45, 7) is 5.46. The van der Waals surface area contributed by atoms with E-state index >= 15 is 0 Å². The molecule has 1 atom stereocenters. The van der Waals surface area contributed by atoms with Gasteiger partial charge in [0.05, 0.1) is 6.54 Å². The molecule has 1 saturated heterocycles. The van der Waals surface area contributed by atoms with Gasteiger partial charge in [0, 0.05) is 39.8 Å². The number of likely N-dealkylation sites (N-methyl/N-ethyl adjacent to an activating group) is 1. The van der Waals surface area contributed by atoms with Gasteiger partial charge in [0.1, 0.15) is 0 Å². The van der Waals surface area contributed by atoms with Crippen LogP contribution in [0.5, 0.6) is 0 Å². The molecule has 1 aromatic rings. The van der Waals surface area contributed by atoms with Crippen molar-refractivity contribution < 1.29 is 4.79 Å². The SMILES string of the molecule is CN=C(NCC(C)c1ccsc1)NC1CCN(CC(=O)NC)CC1.I. The molecule has 0 aromatic carbocycles. The third-order valence-electron chi connectivity index (χ3n) is 4.49. The van der Waals surface area contributed by atoms with Crippen molar-refractivity contribution in [2.75, 3.05) is 40.3 Å². The highest BCUT2D eigenvalue weighted by Crippen LogP contribution is 2.17. The molecule has 0 bridgehead atoms. The molecule has 2 heterocycles. The number of guanidine groups is 1. The van der Waals surface area contributed by atoms with Crippen molar-refractivity contribution in [1.82, 2.24) is 20.9 Å². The normalized spacial score (nSPS) is 17.5. The number of thiophene rings is 1. The van der Waals surface area contributed by atoms with Crippen molar-refractivity contribution in [2.45, 2.75) is 31.7 Å². The standard InChI is InChI=1S/C17H29N5OS.HI/c1-13(14-6-9-24-12-14)10-20-17(19-3)21-15-4-7-22(8-5-15)11-16(23)18-2;/h6,9,12-13,15H,4-5,7-8,10-11H2,1-3H3,(H,18,23)(H2,19,20,21);1H.